The number of hydrogen-bond acceptors (Lipinski definition) is 3. The van der Waals surface area contributed by atoms with Crippen molar-refractivity contribution in [3.63, 3.8) is 0 Å². The van der Waals surface area contributed by atoms with Gasteiger partial charge >= 0.3 is 0 Å². The molecule has 30 heavy (non-hydrogen) atoms. The highest BCUT2D eigenvalue weighted by molar-refractivity contribution is 6.31. The summed E-state index contributed by atoms with van der Waals surface area (Å²) in [6, 6.07) is 23.8. The maximum Gasteiger partial charge on any atom is 0.221 e. The average Bonchev–Trinajstić information content (AvgIpc) is 3.07. The minimum Gasteiger partial charge on any atom is -0.375 e. The van der Waals surface area contributed by atoms with Crippen LogP contribution < -0.4 is 10.6 Å². The minimum absolute atomic E-state index is 0.0356. The molecule has 5 nitrogen and oxygen atoms in total. The summed E-state index contributed by atoms with van der Waals surface area (Å²) in [5, 5.41) is 6.97. The molecule has 0 fully saturated rings. The zero-order valence-electron chi connectivity index (χ0n) is 16.9. The molecule has 1 heterocycles. The molecule has 0 saturated carbocycles. The number of hydrogen-bond donors (Lipinski definition) is 2. The topological polar surface area (TPSA) is 59.0 Å². The summed E-state index contributed by atoms with van der Waals surface area (Å²) in [6.07, 6.45) is 0. The third kappa shape index (κ3) is 4.47. The molecule has 1 unspecified atom stereocenters. The molecule has 152 valence electrons. The molecule has 1 aromatic heterocycles. The van der Waals surface area contributed by atoms with Crippen molar-refractivity contribution in [3.8, 4) is 0 Å². The van der Waals surface area contributed by atoms with Crippen LogP contribution in [-0.4, -0.2) is 15.5 Å². The van der Waals surface area contributed by atoms with E-state index in [4.69, 9.17) is 16.6 Å². The van der Waals surface area contributed by atoms with Crippen molar-refractivity contribution in [1.29, 1.82) is 0 Å². The first-order chi connectivity index (χ1) is 14.5. The van der Waals surface area contributed by atoms with E-state index in [9.17, 15) is 4.79 Å². The van der Waals surface area contributed by atoms with E-state index in [0.717, 1.165) is 34.8 Å². The van der Waals surface area contributed by atoms with Gasteiger partial charge in [-0.15, -0.1) is 0 Å². The van der Waals surface area contributed by atoms with E-state index in [1.807, 2.05) is 60.7 Å². The molecule has 6 heteroatoms. The van der Waals surface area contributed by atoms with Gasteiger partial charge in [0.1, 0.15) is 5.82 Å². The van der Waals surface area contributed by atoms with E-state index < -0.39 is 0 Å². The van der Waals surface area contributed by atoms with Gasteiger partial charge in [0.05, 0.1) is 17.1 Å². The van der Waals surface area contributed by atoms with Gasteiger partial charge in [-0.05, 0) is 55.0 Å². The minimum atomic E-state index is -0.0858. The maximum absolute atomic E-state index is 11.2. The predicted octanol–water partition coefficient (Wildman–Crippen LogP) is 5.87. The highest BCUT2D eigenvalue weighted by atomic mass is 35.5. The number of imidazole rings is 1. The number of carbonyl (C=O) groups excluding carboxylic acids is 1. The molecular weight excluding hydrogens is 396 g/mol. The van der Waals surface area contributed by atoms with Crippen molar-refractivity contribution in [1.82, 2.24) is 9.55 Å². The van der Waals surface area contributed by atoms with E-state index in [1.165, 1.54) is 12.5 Å². The van der Waals surface area contributed by atoms with Crippen molar-refractivity contribution in [2.75, 3.05) is 10.6 Å². The second-order valence-corrected chi connectivity index (χ2v) is 7.74. The lowest BCUT2D eigenvalue weighted by molar-refractivity contribution is -0.114. The van der Waals surface area contributed by atoms with Gasteiger partial charge in [0.2, 0.25) is 5.91 Å². The number of nitrogens with one attached hydrogen (secondary N) is 2. The molecule has 4 aromatic rings. The number of carbonyl (C=O) groups is 1. The third-order valence-electron chi connectivity index (χ3n) is 4.90. The second kappa shape index (κ2) is 8.59. The van der Waals surface area contributed by atoms with Gasteiger partial charge in [-0.1, -0.05) is 41.9 Å². The molecule has 3 aromatic carbocycles. The van der Waals surface area contributed by atoms with Crippen molar-refractivity contribution in [3.05, 3.63) is 89.2 Å². The zero-order valence-corrected chi connectivity index (χ0v) is 17.6. The summed E-state index contributed by atoms with van der Waals surface area (Å²) < 4.78 is 2.23. The predicted molar refractivity (Wildman–Crippen MR) is 123 cm³/mol. The van der Waals surface area contributed by atoms with Crippen molar-refractivity contribution >= 4 is 39.9 Å². The van der Waals surface area contributed by atoms with E-state index >= 15 is 0 Å². The Kier molecular flexibility index (Phi) is 5.72. The number of nitrogens with zero attached hydrogens (tertiary/aromatic N) is 2. The molecule has 0 radical (unpaired) electrons. The number of halogens is 1. The molecule has 0 bridgehead atoms. The van der Waals surface area contributed by atoms with Crippen LogP contribution in [0.2, 0.25) is 5.02 Å². The fourth-order valence-corrected chi connectivity index (χ4v) is 3.72. The van der Waals surface area contributed by atoms with Crippen molar-refractivity contribution < 1.29 is 4.79 Å². The van der Waals surface area contributed by atoms with E-state index in [1.54, 1.807) is 0 Å². The number of rotatable bonds is 6. The summed E-state index contributed by atoms with van der Waals surface area (Å²) in [4.78, 5) is 16.1. The van der Waals surface area contributed by atoms with E-state index in [0.29, 0.717) is 5.02 Å². The van der Waals surface area contributed by atoms with Crippen molar-refractivity contribution in [2.45, 2.75) is 26.4 Å². The van der Waals surface area contributed by atoms with Gasteiger partial charge in [0, 0.05) is 29.9 Å². The first-order valence-electron chi connectivity index (χ1n) is 9.83. The van der Waals surface area contributed by atoms with E-state index in [-0.39, 0.29) is 11.9 Å². The van der Waals surface area contributed by atoms with Crippen LogP contribution in [0.3, 0.4) is 0 Å². The van der Waals surface area contributed by atoms with Gasteiger partial charge in [0.25, 0.3) is 0 Å². The standard InChI is InChI=1S/C24H23ClN4O/c1-16(26-20-9-11-21(12-10-20)27-17(2)30)24-28-22-14-19(25)8-13-23(22)29(24)15-18-6-4-3-5-7-18/h3-14,16,26H,15H2,1-2H3,(H,27,30). The Labute approximate surface area is 180 Å². The SMILES string of the molecule is CC(=O)Nc1ccc(NC(C)c2nc3cc(Cl)ccc3n2Cc2ccccc2)cc1. The number of amides is 1. The lowest BCUT2D eigenvalue weighted by atomic mass is 10.2. The quantitative estimate of drug-likeness (QED) is 0.411. The Morgan fingerprint density at radius 1 is 1.03 bits per heavy atom. The first kappa shape index (κ1) is 20.0. The van der Waals surface area contributed by atoms with Crippen molar-refractivity contribution in [2.24, 2.45) is 0 Å². The highest BCUT2D eigenvalue weighted by Gasteiger charge is 2.17. The van der Waals surface area contributed by atoms with Gasteiger partial charge in [-0.25, -0.2) is 4.98 Å². The average molecular weight is 419 g/mol. The second-order valence-electron chi connectivity index (χ2n) is 7.30. The summed E-state index contributed by atoms with van der Waals surface area (Å²) in [5.74, 6) is 0.847. The third-order valence-corrected chi connectivity index (χ3v) is 5.13. The number of fused-ring (bicyclic) bond motifs is 1. The number of aromatic nitrogens is 2. The van der Waals surface area contributed by atoms with Gasteiger partial charge in [0.15, 0.2) is 0 Å². The Hall–Kier alpha value is -3.31. The molecular formula is C24H23ClN4O. The number of benzene rings is 3. The molecule has 4 rings (SSSR count). The molecule has 2 N–H and O–H groups in total. The number of anilines is 2. The first-order valence-corrected chi connectivity index (χ1v) is 10.2. The smallest absolute Gasteiger partial charge is 0.221 e. The zero-order chi connectivity index (χ0) is 21.1. The van der Waals surface area contributed by atoms with Crippen LogP contribution >= 0.6 is 11.6 Å². The van der Waals surface area contributed by atoms with Gasteiger partial charge in [-0.2, -0.15) is 0 Å². The summed E-state index contributed by atoms with van der Waals surface area (Å²) in [7, 11) is 0. The molecule has 1 atom stereocenters. The van der Waals surface area contributed by atoms with Crippen LogP contribution in [0.25, 0.3) is 11.0 Å². The van der Waals surface area contributed by atoms with Crippen LogP contribution in [-0.2, 0) is 11.3 Å². The Morgan fingerprint density at radius 3 is 2.43 bits per heavy atom. The molecule has 0 aliphatic heterocycles. The molecule has 0 aliphatic carbocycles. The molecule has 0 aliphatic rings. The van der Waals surface area contributed by atoms with E-state index in [2.05, 4.69) is 34.3 Å². The summed E-state index contributed by atoms with van der Waals surface area (Å²) in [5.41, 5.74) is 4.86. The fourth-order valence-electron chi connectivity index (χ4n) is 3.55. The normalized spacial score (nSPS) is 12.0. The largest absolute Gasteiger partial charge is 0.375 e. The molecule has 0 spiro atoms. The molecule has 1 amide bonds. The van der Waals surface area contributed by atoms with Gasteiger partial charge in [-0.3, -0.25) is 4.79 Å². The Balaban J connectivity index is 1.65. The Bertz CT molecular complexity index is 1170. The Morgan fingerprint density at radius 2 is 1.73 bits per heavy atom. The summed E-state index contributed by atoms with van der Waals surface area (Å²) >= 11 is 6.21. The summed E-state index contributed by atoms with van der Waals surface area (Å²) in [6.45, 7) is 4.31. The van der Waals surface area contributed by atoms with Crippen LogP contribution in [0.4, 0.5) is 11.4 Å². The fraction of sp³-hybridized carbons (Fsp3) is 0.167. The van der Waals surface area contributed by atoms with Gasteiger partial charge < -0.3 is 15.2 Å². The molecule has 0 saturated heterocycles. The lowest BCUT2D eigenvalue weighted by Gasteiger charge is -2.18. The lowest BCUT2D eigenvalue weighted by Crippen LogP contribution is -2.14. The monoisotopic (exact) mass is 418 g/mol. The maximum atomic E-state index is 11.2. The van der Waals surface area contributed by atoms with Crippen LogP contribution in [0, 0.1) is 0 Å². The van der Waals surface area contributed by atoms with Crippen LogP contribution in [0.5, 0.6) is 0 Å². The van der Waals surface area contributed by atoms with Crippen LogP contribution in [0.1, 0.15) is 31.3 Å². The van der Waals surface area contributed by atoms with Crippen LogP contribution in [0.15, 0.2) is 72.8 Å². The highest BCUT2D eigenvalue weighted by Crippen LogP contribution is 2.27.